The second kappa shape index (κ2) is 9.13. The molecule has 0 bridgehead atoms. The zero-order valence-electron chi connectivity index (χ0n) is 20.9. The number of fused-ring (bicyclic) bond motifs is 2. The van der Waals surface area contributed by atoms with E-state index in [2.05, 4.69) is 77.6 Å². The van der Waals surface area contributed by atoms with E-state index in [9.17, 15) is 0 Å². The van der Waals surface area contributed by atoms with E-state index in [1.807, 2.05) is 6.07 Å². The average Bonchev–Trinajstić information content (AvgIpc) is 2.81. The lowest BCUT2D eigenvalue weighted by atomic mass is 9.86. The zero-order chi connectivity index (χ0) is 23.8. The number of hydrogen-bond donors (Lipinski definition) is 0. The van der Waals surface area contributed by atoms with E-state index < -0.39 is 0 Å². The largest absolute Gasteiger partial charge is 0.498 e. The molecule has 3 heteroatoms. The molecule has 1 aliphatic heterocycles. The topological polar surface area (TPSA) is 27.7 Å². The fourth-order valence-electron chi connectivity index (χ4n) is 4.76. The number of hydrogen-bond acceptors (Lipinski definition) is 3. The molecule has 0 saturated carbocycles. The standard InChI is InChI=1S/C30H36O3/c1-19-16-20(2)28-12-13-30(6,33-29(28)21(19)3)14-15-32-23(5)22(4)24-8-9-26-18-27(31-7)11-10-25(26)17-24/h8-11,16-18,22H,5,12-15H2,1-4,6-7H3. The van der Waals surface area contributed by atoms with E-state index in [-0.39, 0.29) is 11.5 Å². The van der Waals surface area contributed by atoms with E-state index >= 15 is 0 Å². The minimum atomic E-state index is -0.219. The van der Waals surface area contributed by atoms with E-state index in [1.165, 1.54) is 38.6 Å². The van der Waals surface area contributed by atoms with Crippen LogP contribution in [0.1, 0.15) is 60.4 Å². The smallest absolute Gasteiger partial charge is 0.126 e. The Morgan fingerprint density at radius 3 is 2.55 bits per heavy atom. The molecule has 1 heterocycles. The molecule has 3 aromatic rings. The van der Waals surface area contributed by atoms with E-state index in [4.69, 9.17) is 14.2 Å². The van der Waals surface area contributed by atoms with Crippen molar-refractivity contribution in [3.63, 3.8) is 0 Å². The van der Waals surface area contributed by atoms with Gasteiger partial charge in [-0.3, -0.25) is 0 Å². The van der Waals surface area contributed by atoms with Gasteiger partial charge in [-0.05, 0) is 91.3 Å². The lowest BCUT2D eigenvalue weighted by molar-refractivity contribution is 0.0300. The molecule has 3 aromatic carbocycles. The van der Waals surface area contributed by atoms with Gasteiger partial charge in [-0.25, -0.2) is 0 Å². The van der Waals surface area contributed by atoms with Crippen LogP contribution in [0.5, 0.6) is 11.5 Å². The van der Waals surface area contributed by atoms with Gasteiger partial charge in [0, 0.05) is 12.3 Å². The molecule has 2 unspecified atom stereocenters. The van der Waals surface area contributed by atoms with Crippen LogP contribution in [0.15, 0.2) is 54.8 Å². The number of methoxy groups -OCH3 is 1. The van der Waals surface area contributed by atoms with Gasteiger partial charge >= 0.3 is 0 Å². The van der Waals surface area contributed by atoms with Gasteiger partial charge in [-0.2, -0.15) is 0 Å². The van der Waals surface area contributed by atoms with Crippen LogP contribution in [0.4, 0.5) is 0 Å². The van der Waals surface area contributed by atoms with E-state index in [0.29, 0.717) is 6.61 Å². The van der Waals surface area contributed by atoms with Crippen molar-refractivity contribution in [2.24, 2.45) is 0 Å². The van der Waals surface area contributed by atoms with Gasteiger partial charge in [0.25, 0.3) is 0 Å². The number of rotatable bonds is 7. The van der Waals surface area contributed by atoms with Gasteiger partial charge < -0.3 is 14.2 Å². The first-order chi connectivity index (χ1) is 15.7. The summed E-state index contributed by atoms with van der Waals surface area (Å²) in [5.41, 5.74) is 6.24. The maximum absolute atomic E-state index is 6.59. The number of aryl methyl sites for hydroxylation is 2. The number of ether oxygens (including phenoxy) is 3. The van der Waals surface area contributed by atoms with Crippen molar-refractivity contribution in [2.75, 3.05) is 13.7 Å². The molecule has 2 atom stereocenters. The van der Waals surface area contributed by atoms with Crippen LogP contribution < -0.4 is 9.47 Å². The highest BCUT2D eigenvalue weighted by Gasteiger charge is 2.33. The summed E-state index contributed by atoms with van der Waals surface area (Å²) in [6.45, 7) is 15.7. The lowest BCUT2D eigenvalue weighted by Gasteiger charge is -2.38. The molecule has 33 heavy (non-hydrogen) atoms. The van der Waals surface area contributed by atoms with Crippen molar-refractivity contribution in [1.82, 2.24) is 0 Å². The summed E-state index contributed by atoms with van der Waals surface area (Å²) in [5, 5.41) is 2.36. The van der Waals surface area contributed by atoms with Gasteiger partial charge in [0.05, 0.1) is 19.5 Å². The van der Waals surface area contributed by atoms with Gasteiger partial charge in [0.2, 0.25) is 0 Å². The number of benzene rings is 3. The van der Waals surface area contributed by atoms with Crippen LogP contribution in [-0.4, -0.2) is 19.3 Å². The van der Waals surface area contributed by atoms with Gasteiger partial charge in [-0.15, -0.1) is 0 Å². The predicted molar refractivity (Wildman–Crippen MR) is 137 cm³/mol. The third kappa shape index (κ3) is 4.73. The predicted octanol–water partition coefficient (Wildman–Crippen LogP) is 7.58. The Morgan fingerprint density at radius 1 is 1.06 bits per heavy atom. The molecule has 0 spiro atoms. The Labute approximate surface area is 198 Å². The van der Waals surface area contributed by atoms with Gasteiger partial charge in [-0.1, -0.05) is 43.8 Å². The summed E-state index contributed by atoms with van der Waals surface area (Å²) in [6, 6.07) is 14.9. The third-order valence-electron chi connectivity index (χ3n) is 7.34. The van der Waals surface area contributed by atoms with Crippen LogP contribution in [-0.2, 0) is 11.2 Å². The van der Waals surface area contributed by atoms with Crippen molar-refractivity contribution in [3.8, 4) is 11.5 Å². The first kappa shape index (κ1) is 23.2. The normalized spacial score (nSPS) is 18.4. The summed E-state index contributed by atoms with van der Waals surface area (Å²) in [5.74, 6) is 2.87. The average molecular weight is 445 g/mol. The number of allylic oxidation sites excluding steroid dienone is 1. The summed E-state index contributed by atoms with van der Waals surface area (Å²) in [4.78, 5) is 0. The first-order valence-corrected chi connectivity index (χ1v) is 11.9. The molecule has 1 aliphatic rings. The molecule has 3 nitrogen and oxygen atoms in total. The Bertz CT molecular complexity index is 1190. The van der Waals surface area contributed by atoms with E-state index in [0.717, 1.165) is 36.5 Å². The quantitative estimate of drug-likeness (QED) is 0.352. The van der Waals surface area contributed by atoms with Crippen LogP contribution >= 0.6 is 0 Å². The lowest BCUT2D eigenvalue weighted by Crippen LogP contribution is -2.38. The van der Waals surface area contributed by atoms with Crippen molar-refractivity contribution in [2.45, 2.75) is 65.4 Å². The molecule has 0 saturated heterocycles. The molecule has 0 fully saturated rings. The fraction of sp³-hybridized carbons (Fsp3) is 0.400. The summed E-state index contributed by atoms with van der Waals surface area (Å²) in [7, 11) is 1.69. The Hall–Kier alpha value is -2.94. The fourth-order valence-corrected chi connectivity index (χ4v) is 4.76. The van der Waals surface area contributed by atoms with Crippen LogP contribution in [0, 0.1) is 20.8 Å². The SMILES string of the molecule is C=C(OCCC1(C)CCc2c(C)cc(C)c(C)c2O1)C(C)c1ccc2cc(OC)ccc2c1. The maximum Gasteiger partial charge on any atom is 0.126 e. The summed E-state index contributed by atoms with van der Waals surface area (Å²) in [6.07, 6.45) is 2.89. The van der Waals surface area contributed by atoms with Gasteiger partial charge in [0.15, 0.2) is 0 Å². The minimum Gasteiger partial charge on any atom is -0.498 e. The second-order valence-corrected chi connectivity index (χ2v) is 9.75. The zero-order valence-corrected chi connectivity index (χ0v) is 20.9. The molecule has 0 aliphatic carbocycles. The second-order valence-electron chi connectivity index (χ2n) is 9.75. The highest BCUT2D eigenvalue weighted by atomic mass is 16.5. The molecule has 0 radical (unpaired) electrons. The Kier molecular flexibility index (Phi) is 6.43. The monoisotopic (exact) mass is 444 g/mol. The van der Waals surface area contributed by atoms with Crippen LogP contribution in [0.3, 0.4) is 0 Å². The van der Waals surface area contributed by atoms with Crippen molar-refractivity contribution in [1.29, 1.82) is 0 Å². The van der Waals surface area contributed by atoms with Crippen LogP contribution in [0.2, 0.25) is 0 Å². The molecular weight excluding hydrogens is 408 g/mol. The minimum absolute atomic E-state index is 0.116. The molecule has 174 valence electrons. The molecular formula is C30H36O3. The molecule has 0 N–H and O–H groups in total. The highest BCUT2D eigenvalue weighted by molar-refractivity contribution is 5.84. The Balaban J connectivity index is 1.38. The van der Waals surface area contributed by atoms with Crippen molar-refractivity contribution >= 4 is 10.8 Å². The van der Waals surface area contributed by atoms with Crippen LogP contribution in [0.25, 0.3) is 10.8 Å². The first-order valence-electron chi connectivity index (χ1n) is 11.9. The summed E-state index contributed by atoms with van der Waals surface area (Å²) < 4.78 is 18.1. The van der Waals surface area contributed by atoms with E-state index in [1.54, 1.807) is 7.11 Å². The highest BCUT2D eigenvalue weighted by Crippen LogP contribution is 2.40. The maximum atomic E-state index is 6.59. The van der Waals surface area contributed by atoms with Crippen molar-refractivity contribution in [3.05, 3.63) is 82.6 Å². The summed E-state index contributed by atoms with van der Waals surface area (Å²) >= 11 is 0. The van der Waals surface area contributed by atoms with Crippen molar-refractivity contribution < 1.29 is 14.2 Å². The Morgan fingerprint density at radius 2 is 1.79 bits per heavy atom. The molecule has 0 amide bonds. The molecule has 0 aromatic heterocycles. The molecule has 4 rings (SSSR count). The third-order valence-corrected chi connectivity index (χ3v) is 7.34. The van der Waals surface area contributed by atoms with Gasteiger partial charge in [0.1, 0.15) is 17.1 Å².